The molecule has 0 aliphatic heterocycles. The van der Waals surface area contributed by atoms with Crippen molar-refractivity contribution >= 4 is 11.0 Å². The molecule has 0 unspecified atom stereocenters. The van der Waals surface area contributed by atoms with Gasteiger partial charge in [0.2, 0.25) is 0 Å². The number of aryl methyl sites for hydroxylation is 1. The highest BCUT2D eigenvalue weighted by Crippen LogP contribution is 2.29. The van der Waals surface area contributed by atoms with Gasteiger partial charge in [0.15, 0.2) is 11.4 Å². The molecule has 2 rings (SSSR count). The maximum Gasteiger partial charge on any atom is 0.170 e. The Hall–Kier alpha value is -1.42. The van der Waals surface area contributed by atoms with Crippen molar-refractivity contribution in [1.29, 1.82) is 0 Å². The quantitative estimate of drug-likeness (QED) is 0.897. The van der Waals surface area contributed by atoms with Crippen LogP contribution >= 0.6 is 0 Å². The Morgan fingerprint density at radius 3 is 2.61 bits per heavy atom. The third kappa shape index (κ3) is 2.38. The molecule has 4 heteroatoms. The maximum atomic E-state index is 13.6. The molecular formula is C14H17F2NO. The van der Waals surface area contributed by atoms with Crippen LogP contribution in [0, 0.1) is 11.6 Å². The molecule has 0 amide bonds. The second kappa shape index (κ2) is 5.06. The van der Waals surface area contributed by atoms with E-state index in [1.807, 2.05) is 20.8 Å². The van der Waals surface area contributed by atoms with Gasteiger partial charge < -0.3 is 9.73 Å². The summed E-state index contributed by atoms with van der Waals surface area (Å²) in [6.45, 7) is 6.52. The van der Waals surface area contributed by atoms with Crippen molar-refractivity contribution < 1.29 is 13.2 Å². The second-order valence-corrected chi connectivity index (χ2v) is 4.66. The zero-order valence-corrected chi connectivity index (χ0v) is 10.8. The van der Waals surface area contributed by atoms with Crippen molar-refractivity contribution in [2.24, 2.45) is 0 Å². The van der Waals surface area contributed by atoms with E-state index >= 15 is 0 Å². The lowest BCUT2D eigenvalue weighted by Crippen LogP contribution is -2.22. The Balaban J connectivity index is 2.50. The molecule has 0 saturated carbocycles. The summed E-state index contributed by atoms with van der Waals surface area (Å²) < 4.78 is 32.4. The molecule has 2 nitrogen and oxygen atoms in total. The van der Waals surface area contributed by atoms with Gasteiger partial charge in [0.05, 0.1) is 6.54 Å². The molecule has 0 bridgehead atoms. The minimum atomic E-state index is -0.643. The molecule has 1 heterocycles. The highest BCUT2D eigenvalue weighted by atomic mass is 19.1. The SMILES string of the molecule is CCc1c(CNC(C)C)oc2c(F)cc(F)cc12. The van der Waals surface area contributed by atoms with Crippen LogP contribution < -0.4 is 5.32 Å². The first-order chi connectivity index (χ1) is 8.52. The Kier molecular flexibility index (Phi) is 3.66. The fourth-order valence-electron chi connectivity index (χ4n) is 2.05. The van der Waals surface area contributed by atoms with Crippen molar-refractivity contribution in [2.75, 3.05) is 0 Å². The van der Waals surface area contributed by atoms with Gasteiger partial charge in [-0.2, -0.15) is 0 Å². The van der Waals surface area contributed by atoms with Crippen LogP contribution in [0.2, 0.25) is 0 Å². The van der Waals surface area contributed by atoms with Crippen LogP contribution in [0.5, 0.6) is 0 Å². The average molecular weight is 253 g/mol. The minimum absolute atomic E-state index is 0.147. The van der Waals surface area contributed by atoms with Crippen LogP contribution in [-0.4, -0.2) is 6.04 Å². The van der Waals surface area contributed by atoms with E-state index in [0.29, 0.717) is 30.2 Å². The van der Waals surface area contributed by atoms with E-state index in [4.69, 9.17) is 4.42 Å². The number of halogens is 2. The summed E-state index contributed by atoms with van der Waals surface area (Å²) in [5.74, 6) is -0.528. The van der Waals surface area contributed by atoms with Crippen molar-refractivity contribution in [3.63, 3.8) is 0 Å². The Morgan fingerprint density at radius 1 is 1.28 bits per heavy atom. The van der Waals surface area contributed by atoms with Gasteiger partial charge in [0.25, 0.3) is 0 Å². The van der Waals surface area contributed by atoms with Crippen molar-refractivity contribution in [2.45, 2.75) is 39.8 Å². The third-order valence-electron chi connectivity index (χ3n) is 2.92. The number of hydrogen-bond acceptors (Lipinski definition) is 2. The summed E-state index contributed by atoms with van der Waals surface area (Å²) in [6, 6.07) is 2.49. The Morgan fingerprint density at radius 2 is 2.00 bits per heavy atom. The van der Waals surface area contributed by atoms with Crippen LogP contribution in [0.1, 0.15) is 32.1 Å². The van der Waals surface area contributed by atoms with Gasteiger partial charge in [-0.05, 0) is 12.5 Å². The second-order valence-electron chi connectivity index (χ2n) is 4.66. The third-order valence-corrected chi connectivity index (χ3v) is 2.92. The summed E-state index contributed by atoms with van der Waals surface area (Å²) in [6.07, 6.45) is 0.686. The smallest absolute Gasteiger partial charge is 0.170 e. The van der Waals surface area contributed by atoms with Crippen molar-refractivity contribution in [3.8, 4) is 0 Å². The van der Waals surface area contributed by atoms with Crippen molar-refractivity contribution in [1.82, 2.24) is 5.32 Å². The van der Waals surface area contributed by atoms with Gasteiger partial charge in [-0.15, -0.1) is 0 Å². The molecule has 0 atom stereocenters. The van der Waals surface area contributed by atoms with Gasteiger partial charge in [-0.3, -0.25) is 0 Å². The molecule has 0 fully saturated rings. The predicted molar refractivity (Wildman–Crippen MR) is 67.5 cm³/mol. The largest absolute Gasteiger partial charge is 0.456 e. The molecular weight excluding hydrogens is 236 g/mol. The van der Waals surface area contributed by atoms with E-state index < -0.39 is 11.6 Å². The number of benzene rings is 1. The monoisotopic (exact) mass is 253 g/mol. The molecule has 1 aromatic heterocycles. The van der Waals surface area contributed by atoms with E-state index in [-0.39, 0.29) is 5.58 Å². The molecule has 18 heavy (non-hydrogen) atoms. The number of hydrogen-bond donors (Lipinski definition) is 1. The van der Waals surface area contributed by atoms with Gasteiger partial charge in [0, 0.05) is 23.1 Å². The highest BCUT2D eigenvalue weighted by molar-refractivity contribution is 5.82. The zero-order valence-electron chi connectivity index (χ0n) is 10.8. The summed E-state index contributed by atoms with van der Waals surface area (Å²) in [4.78, 5) is 0. The molecule has 1 N–H and O–H groups in total. The lowest BCUT2D eigenvalue weighted by molar-refractivity contribution is 0.471. The minimum Gasteiger partial charge on any atom is -0.456 e. The lowest BCUT2D eigenvalue weighted by atomic mass is 10.1. The molecule has 1 aromatic carbocycles. The molecule has 0 radical (unpaired) electrons. The summed E-state index contributed by atoms with van der Waals surface area (Å²) in [7, 11) is 0. The fraction of sp³-hybridized carbons (Fsp3) is 0.429. The van der Waals surface area contributed by atoms with Crippen LogP contribution in [-0.2, 0) is 13.0 Å². The normalized spacial score (nSPS) is 11.7. The number of nitrogens with one attached hydrogen (secondary N) is 1. The van der Waals surface area contributed by atoms with Crippen LogP contribution in [0.25, 0.3) is 11.0 Å². The summed E-state index contributed by atoms with van der Waals surface area (Å²) in [5, 5.41) is 3.76. The van der Waals surface area contributed by atoms with E-state index in [9.17, 15) is 8.78 Å². The van der Waals surface area contributed by atoms with Gasteiger partial charge in [-0.1, -0.05) is 20.8 Å². The zero-order chi connectivity index (χ0) is 13.3. The van der Waals surface area contributed by atoms with Gasteiger partial charge in [0.1, 0.15) is 11.6 Å². The van der Waals surface area contributed by atoms with E-state index in [1.165, 1.54) is 6.07 Å². The summed E-state index contributed by atoms with van der Waals surface area (Å²) in [5.41, 5.74) is 1.02. The number of furan rings is 1. The molecule has 98 valence electrons. The van der Waals surface area contributed by atoms with Gasteiger partial charge >= 0.3 is 0 Å². The van der Waals surface area contributed by atoms with Gasteiger partial charge in [-0.25, -0.2) is 8.78 Å². The Labute approximate surface area is 105 Å². The fourth-order valence-corrected chi connectivity index (χ4v) is 2.05. The van der Waals surface area contributed by atoms with E-state index in [0.717, 1.165) is 11.6 Å². The molecule has 0 spiro atoms. The molecule has 0 aliphatic rings. The standard InChI is InChI=1S/C14H17F2NO/c1-4-10-11-5-9(15)6-12(16)14(11)18-13(10)7-17-8(2)3/h5-6,8,17H,4,7H2,1-3H3. The first kappa shape index (κ1) is 13.0. The average Bonchev–Trinajstić information content (AvgIpc) is 2.64. The number of fused-ring (bicyclic) bond motifs is 1. The first-order valence-corrected chi connectivity index (χ1v) is 6.15. The van der Waals surface area contributed by atoms with Crippen molar-refractivity contribution in [3.05, 3.63) is 35.1 Å². The van der Waals surface area contributed by atoms with Crippen LogP contribution in [0.15, 0.2) is 16.5 Å². The molecule has 0 aliphatic carbocycles. The van der Waals surface area contributed by atoms with Crippen LogP contribution in [0.3, 0.4) is 0 Å². The molecule has 2 aromatic rings. The Bertz CT molecular complexity index is 560. The number of rotatable bonds is 4. The lowest BCUT2D eigenvalue weighted by Gasteiger charge is -2.06. The summed E-state index contributed by atoms with van der Waals surface area (Å²) >= 11 is 0. The topological polar surface area (TPSA) is 25.2 Å². The van der Waals surface area contributed by atoms with E-state index in [1.54, 1.807) is 0 Å². The molecule has 0 saturated heterocycles. The predicted octanol–water partition coefficient (Wildman–Crippen LogP) is 3.77. The highest BCUT2D eigenvalue weighted by Gasteiger charge is 2.17. The van der Waals surface area contributed by atoms with Crippen LogP contribution in [0.4, 0.5) is 8.78 Å². The maximum absolute atomic E-state index is 13.6. The first-order valence-electron chi connectivity index (χ1n) is 6.15. The van der Waals surface area contributed by atoms with E-state index in [2.05, 4.69) is 5.32 Å².